The molecule has 0 saturated heterocycles. The maximum Gasteiger partial charge on any atom is 0.356 e. The van der Waals surface area contributed by atoms with E-state index in [-0.39, 0.29) is 5.69 Å². The minimum Gasteiger partial charge on any atom is -0.476 e. The minimum absolute atomic E-state index is 0.0576. The topological polar surface area (TPSA) is 60.1 Å². The van der Waals surface area contributed by atoms with Gasteiger partial charge in [-0.05, 0) is 38.1 Å². The summed E-state index contributed by atoms with van der Waals surface area (Å²) < 4.78 is 3.95. The van der Waals surface area contributed by atoms with Gasteiger partial charge in [-0.15, -0.1) is 0 Å². The Labute approximate surface area is 145 Å². The van der Waals surface area contributed by atoms with E-state index in [1.54, 1.807) is 17.8 Å². The number of benzene rings is 2. The molecule has 0 bridgehead atoms. The van der Waals surface area contributed by atoms with Gasteiger partial charge in [0, 0.05) is 40.5 Å². The van der Waals surface area contributed by atoms with Gasteiger partial charge in [0.05, 0.1) is 5.69 Å². The molecule has 0 atom stereocenters. The van der Waals surface area contributed by atoms with E-state index in [1.807, 2.05) is 12.1 Å². The third kappa shape index (κ3) is 2.31. The molecule has 5 heteroatoms. The van der Waals surface area contributed by atoms with E-state index >= 15 is 0 Å². The zero-order valence-electron chi connectivity index (χ0n) is 14.4. The van der Waals surface area contributed by atoms with E-state index in [2.05, 4.69) is 53.8 Å². The molecular weight excluding hydrogens is 314 g/mol. The lowest BCUT2D eigenvalue weighted by Crippen LogP contribution is -2.00. The monoisotopic (exact) mass is 333 g/mol. The van der Waals surface area contributed by atoms with Gasteiger partial charge >= 0.3 is 5.97 Å². The molecule has 0 radical (unpaired) electrons. The molecule has 0 amide bonds. The average Bonchev–Trinajstić information content (AvgIpc) is 3.12. The Bertz CT molecular complexity index is 1120. The van der Waals surface area contributed by atoms with Gasteiger partial charge in [-0.3, -0.25) is 4.68 Å². The van der Waals surface area contributed by atoms with Crippen molar-refractivity contribution >= 4 is 27.8 Å². The Balaban J connectivity index is 2.00. The van der Waals surface area contributed by atoms with E-state index in [0.717, 1.165) is 11.3 Å². The Kier molecular flexibility index (Phi) is 3.39. The van der Waals surface area contributed by atoms with Crippen LogP contribution in [-0.4, -0.2) is 25.4 Å². The second-order valence-electron chi connectivity index (χ2n) is 6.56. The smallest absolute Gasteiger partial charge is 0.356 e. The van der Waals surface area contributed by atoms with Crippen LogP contribution in [0.3, 0.4) is 0 Å². The normalized spacial score (nSPS) is 11.7. The molecule has 2 aromatic carbocycles. The quantitative estimate of drug-likeness (QED) is 0.601. The van der Waals surface area contributed by atoms with Gasteiger partial charge in [-0.25, -0.2) is 4.79 Å². The fourth-order valence-corrected chi connectivity index (χ4v) is 3.56. The molecule has 0 aliphatic heterocycles. The van der Waals surface area contributed by atoms with Crippen LogP contribution in [0.25, 0.3) is 33.1 Å². The summed E-state index contributed by atoms with van der Waals surface area (Å²) in [5.41, 5.74) is 4.20. The number of carboxylic acids is 1. The third-order valence-corrected chi connectivity index (χ3v) is 4.62. The van der Waals surface area contributed by atoms with Crippen LogP contribution < -0.4 is 0 Å². The summed E-state index contributed by atoms with van der Waals surface area (Å²) in [7, 11) is 1.77. The second kappa shape index (κ2) is 5.48. The SMILES string of the molecule is CC(C)n1c2ccccc2c2cc(-c3cc(C(=O)O)nn3C)ccc21. The minimum atomic E-state index is -1.01. The summed E-state index contributed by atoms with van der Waals surface area (Å²) in [6.45, 7) is 4.36. The molecule has 0 saturated carbocycles. The Morgan fingerprint density at radius 2 is 1.76 bits per heavy atom. The van der Waals surface area contributed by atoms with Gasteiger partial charge in [0.2, 0.25) is 0 Å². The maximum atomic E-state index is 11.2. The Hall–Kier alpha value is -3.08. The van der Waals surface area contributed by atoms with Crippen molar-refractivity contribution in [2.75, 3.05) is 0 Å². The molecule has 0 unspecified atom stereocenters. The van der Waals surface area contributed by atoms with E-state index in [4.69, 9.17) is 5.11 Å². The van der Waals surface area contributed by atoms with Crippen molar-refractivity contribution in [3.05, 3.63) is 54.2 Å². The third-order valence-electron chi connectivity index (χ3n) is 4.62. The van der Waals surface area contributed by atoms with Crippen molar-refractivity contribution in [1.82, 2.24) is 14.3 Å². The van der Waals surface area contributed by atoms with Crippen LogP contribution in [0.1, 0.15) is 30.4 Å². The number of aromatic carboxylic acids is 1. The standard InChI is InChI=1S/C20H19N3O2/c1-12(2)23-17-7-5-4-6-14(17)15-10-13(8-9-18(15)23)19-11-16(20(24)25)21-22(19)3/h4-12H,1-3H3,(H,24,25). The van der Waals surface area contributed by atoms with Gasteiger partial charge in [0.15, 0.2) is 5.69 Å². The van der Waals surface area contributed by atoms with Gasteiger partial charge in [0.1, 0.15) is 0 Å². The molecule has 0 spiro atoms. The van der Waals surface area contributed by atoms with Crippen molar-refractivity contribution in [2.45, 2.75) is 19.9 Å². The van der Waals surface area contributed by atoms with Crippen LogP contribution in [0.2, 0.25) is 0 Å². The molecule has 0 aliphatic rings. The van der Waals surface area contributed by atoms with Crippen molar-refractivity contribution in [3.8, 4) is 11.3 Å². The average molecular weight is 333 g/mol. The number of fused-ring (bicyclic) bond motifs is 3. The molecule has 0 fully saturated rings. The number of nitrogens with zero attached hydrogens (tertiary/aromatic N) is 3. The highest BCUT2D eigenvalue weighted by Crippen LogP contribution is 2.34. The summed E-state index contributed by atoms with van der Waals surface area (Å²) in [6.07, 6.45) is 0. The first-order valence-electron chi connectivity index (χ1n) is 8.28. The number of aromatic nitrogens is 3. The van der Waals surface area contributed by atoms with Crippen molar-refractivity contribution < 1.29 is 9.90 Å². The Morgan fingerprint density at radius 3 is 2.44 bits per heavy atom. The van der Waals surface area contributed by atoms with E-state index < -0.39 is 5.97 Å². The molecule has 2 aromatic heterocycles. The zero-order valence-corrected chi connectivity index (χ0v) is 14.4. The maximum absolute atomic E-state index is 11.2. The fraction of sp³-hybridized carbons (Fsp3) is 0.200. The highest BCUT2D eigenvalue weighted by atomic mass is 16.4. The largest absolute Gasteiger partial charge is 0.476 e. The van der Waals surface area contributed by atoms with E-state index in [0.29, 0.717) is 6.04 Å². The molecule has 25 heavy (non-hydrogen) atoms. The molecule has 4 aromatic rings. The first kappa shape index (κ1) is 15.4. The van der Waals surface area contributed by atoms with Gasteiger partial charge in [-0.1, -0.05) is 24.3 Å². The van der Waals surface area contributed by atoms with Gasteiger partial charge < -0.3 is 9.67 Å². The predicted octanol–water partition coefficient (Wildman–Crippen LogP) is 4.47. The van der Waals surface area contributed by atoms with Crippen molar-refractivity contribution in [3.63, 3.8) is 0 Å². The van der Waals surface area contributed by atoms with Crippen LogP contribution >= 0.6 is 0 Å². The van der Waals surface area contributed by atoms with E-state index in [1.165, 1.54) is 21.8 Å². The molecule has 1 N–H and O–H groups in total. The number of hydrogen-bond donors (Lipinski definition) is 1. The number of carbonyl (C=O) groups is 1. The number of rotatable bonds is 3. The van der Waals surface area contributed by atoms with Crippen LogP contribution in [-0.2, 0) is 7.05 Å². The number of para-hydroxylation sites is 1. The predicted molar refractivity (Wildman–Crippen MR) is 99.0 cm³/mol. The Morgan fingerprint density at radius 1 is 1.04 bits per heavy atom. The molecule has 5 nitrogen and oxygen atoms in total. The lowest BCUT2D eigenvalue weighted by Gasteiger charge is -2.11. The second-order valence-corrected chi connectivity index (χ2v) is 6.56. The van der Waals surface area contributed by atoms with Gasteiger partial charge in [-0.2, -0.15) is 5.10 Å². The molecular formula is C20H19N3O2. The lowest BCUT2D eigenvalue weighted by atomic mass is 10.1. The van der Waals surface area contributed by atoms with Crippen LogP contribution in [0.5, 0.6) is 0 Å². The van der Waals surface area contributed by atoms with E-state index in [9.17, 15) is 4.79 Å². The van der Waals surface area contributed by atoms with Crippen molar-refractivity contribution in [2.24, 2.45) is 7.05 Å². The molecule has 0 aliphatic carbocycles. The molecule has 126 valence electrons. The fourth-order valence-electron chi connectivity index (χ4n) is 3.56. The van der Waals surface area contributed by atoms with Crippen LogP contribution in [0, 0.1) is 0 Å². The summed E-state index contributed by atoms with van der Waals surface area (Å²) >= 11 is 0. The number of carboxylic acid groups (broad SMARTS) is 1. The summed E-state index contributed by atoms with van der Waals surface area (Å²) in [6, 6.07) is 16.6. The van der Waals surface area contributed by atoms with Crippen LogP contribution in [0.15, 0.2) is 48.5 Å². The first-order valence-corrected chi connectivity index (χ1v) is 8.28. The summed E-state index contributed by atoms with van der Waals surface area (Å²) in [4.78, 5) is 11.2. The van der Waals surface area contributed by atoms with Crippen molar-refractivity contribution in [1.29, 1.82) is 0 Å². The van der Waals surface area contributed by atoms with Gasteiger partial charge in [0.25, 0.3) is 0 Å². The van der Waals surface area contributed by atoms with Crippen LogP contribution in [0.4, 0.5) is 0 Å². The summed E-state index contributed by atoms with van der Waals surface area (Å²) in [5.74, 6) is -1.01. The zero-order chi connectivity index (χ0) is 17.7. The molecule has 4 rings (SSSR count). The summed E-state index contributed by atoms with van der Waals surface area (Å²) in [5, 5.41) is 15.6. The highest BCUT2D eigenvalue weighted by Gasteiger charge is 2.16. The lowest BCUT2D eigenvalue weighted by molar-refractivity contribution is 0.0689. The highest BCUT2D eigenvalue weighted by molar-refractivity contribution is 6.09. The molecule has 2 heterocycles. The first-order chi connectivity index (χ1) is 12.0. The number of aryl methyl sites for hydroxylation is 1. The number of hydrogen-bond acceptors (Lipinski definition) is 2.